The quantitative estimate of drug-likeness (QED) is 0.881. The molecular weight excluding hydrogens is 330 g/mol. The molecule has 134 valence electrons. The van der Waals surface area contributed by atoms with Gasteiger partial charge in [0.25, 0.3) is 5.91 Å². The Morgan fingerprint density at radius 2 is 2.08 bits per heavy atom. The topological polar surface area (TPSA) is 94.0 Å². The number of rotatable bonds is 4. The van der Waals surface area contributed by atoms with Gasteiger partial charge in [-0.05, 0) is 63.0 Å². The second-order valence-electron chi connectivity index (χ2n) is 6.95. The predicted molar refractivity (Wildman–Crippen MR) is 94.8 cm³/mol. The molecule has 2 bridgehead atoms. The van der Waals surface area contributed by atoms with E-state index in [-0.39, 0.29) is 17.8 Å². The van der Waals surface area contributed by atoms with Gasteiger partial charge in [0, 0.05) is 17.6 Å². The number of hydrogen-bond donors (Lipinski definition) is 2. The van der Waals surface area contributed by atoms with Gasteiger partial charge in [-0.3, -0.25) is 9.69 Å². The van der Waals surface area contributed by atoms with Crippen LogP contribution in [0.15, 0.2) is 30.5 Å². The number of nitrogens with one attached hydrogen (secondary N) is 2. The van der Waals surface area contributed by atoms with E-state index in [2.05, 4.69) is 27.1 Å². The van der Waals surface area contributed by atoms with Crippen LogP contribution >= 0.6 is 0 Å². The molecule has 3 fully saturated rings. The fourth-order valence-electron chi connectivity index (χ4n) is 3.99. The Morgan fingerprint density at radius 3 is 2.69 bits per heavy atom. The summed E-state index contributed by atoms with van der Waals surface area (Å²) in [6.07, 6.45) is 3.78. The Bertz CT molecular complexity index is 828. The van der Waals surface area contributed by atoms with Crippen LogP contribution in [0, 0.1) is 17.2 Å². The molecule has 7 heteroatoms. The largest absolute Gasteiger partial charge is 0.439 e. The van der Waals surface area contributed by atoms with Crippen molar-refractivity contribution in [1.82, 2.24) is 20.2 Å². The minimum Gasteiger partial charge on any atom is -0.439 e. The molecule has 0 radical (unpaired) electrons. The van der Waals surface area contributed by atoms with Gasteiger partial charge in [-0.2, -0.15) is 5.26 Å². The first-order valence-electron chi connectivity index (χ1n) is 8.92. The molecule has 7 nitrogen and oxygen atoms in total. The zero-order chi connectivity index (χ0) is 18.1. The van der Waals surface area contributed by atoms with Gasteiger partial charge in [0.15, 0.2) is 0 Å². The van der Waals surface area contributed by atoms with Crippen molar-refractivity contribution < 1.29 is 9.53 Å². The number of benzene rings is 1. The van der Waals surface area contributed by atoms with Crippen LogP contribution in [0.25, 0.3) is 0 Å². The molecule has 2 N–H and O–H groups in total. The van der Waals surface area contributed by atoms with Gasteiger partial charge in [-0.25, -0.2) is 4.98 Å². The third-order valence-corrected chi connectivity index (χ3v) is 5.48. The van der Waals surface area contributed by atoms with Crippen molar-refractivity contribution in [3.05, 3.63) is 41.9 Å². The number of carbonyl (C=O) groups excluding carboxylic acids is 1. The van der Waals surface area contributed by atoms with Gasteiger partial charge in [0.1, 0.15) is 11.8 Å². The van der Waals surface area contributed by atoms with E-state index in [9.17, 15) is 4.79 Å². The summed E-state index contributed by atoms with van der Waals surface area (Å²) in [5, 5.41) is 12.0. The van der Waals surface area contributed by atoms with E-state index < -0.39 is 0 Å². The highest BCUT2D eigenvalue weighted by molar-refractivity contribution is 5.94. The molecule has 0 unspecified atom stereocenters. The number of fused-ring (bicyclic) bond motifs is 3. The lowest BCUT2D eigenvalue weighted by Gasteiger charge is -2.49. The van der Waals surface area contributed by atoms with Crippen LogP contribution in [0.3, 0.4) is 0 Å². The molecule has 3 aliphatic rings. The molecule has 5 rings (SSSR count). The summed E-state index contributed by atoms with van der Waals surface area (Å²) in [7, 11) is 0. The molecule has 0 saturated carbocycles. The maximum Gasteiger partial charge on any atom is 0.251 e. The predicted octanol–water partition coefficient (Wildman–Crippen LogP) is 2.29. The van der Waals surface area contributed by atoms with Crippen molar-refractivity contribution in [1.29, 1.82) is 5.26 Å². The number of nitrogens with zero attached hydrogens (tertiary/aromatic N) is 3. The van der Waals surface area contributed by atoms with E-state index in [4.69, 9.17) is 10.00 Å². The number of H-pyrrole nitrogens is 1. The Kier molecular flexibility index (Phi) is 4.35. The third-order valence-electron chi connectivity index (χ3n) is 5.48. The number of piperidine rings is 3. The van der Waals surface area contributed by atoms with Crippen LogP contribution in [0.5, 0.6) is 11.6 Å². The first-order chi connectivity index (χ1) is 12.6. The van der Waals surface area contributed by atoms with Crippen LogP contribution in [-0.4, -0.2) is 45.9 Å². The van der Waals surface area contributed by atoms with Crippen LogP contribution in [0.2, 0.25) is 0 Å². The Morgan fingerprint density at radius 1 is 1.35 bits per heavy atom. The zero-order valence-electron chi connectivity index (χ0n) is 14.6. The van der Waals surface area contributed by atoms with Gasteiger partial charge in [0.05, 0.1) is 6.20 Å². The molecule has 0 spiro atoms. The number of imidazole rings is 1. The van der Waals surface area contributed by atoms with E-state index in [1.165, 1.54) is 6.20 Å². The van der Waals surface area contributed by atoms with Crippen LogP contribution in [-0.2, 0) is 0 Å². The highest BCUT2D eigenvalue weighted by Gasteiger charge is 2.40. The minimum atomic E-state index is -0.0459. The van der Waals surface area contributed by atoms with Crippen molar-refractivity contribution in [3.8, 4) is 17.7 Å². The molecule has 1 aromatic carbocycles. The maximum absolute atomic E-state index is 12.6. The van der Waals surface area contributed by atoms with Crippen molar-refractivity contribution in [3.63, 3.8) is 0 Å². The summed E-state index contributed by atoms with van der Waals surface area (Å²) in [4.78, 5) is 21.7. The lowest BCUT2D eigenvalue weighted by Crippen LogP contribution is -2.62. The Balaban J connectivity index is 1.40. The number of aromatic amines is 1. The van der Waals surface area contributed by atoms with E-state index in [0.717, 1.165) is 25.9 Å². The second-order valence-corrected chi connectivity index (χ2v) is 6.95. The molecule has 1 aromatic heterocycles. The van der Waals surface area contributed by atoms with E-state index >= 15 is 0 Å². The van der Waals surface area contributed by atoms with Crippen molar-refractivity contribution >= 4 is 5.91 Å². The summed E-state index contributed by atoms with van der Waals surface area (Å²) < 4.78 is 5.60. The van der Waals surface area contributed by atoms with Gasteiger partial charge >= 0.3 is 0 Å². The number of amides is 1. The Hall–Kier alpha value is -2.85. The number of hydrogen-bond acceptors (Lipinski definition) is 5. The first kappa shape index (κ1) is 16.6. The number of nitriles is 1. The Labute approximate surface area is 152 Å². The minimum absolute atomic E-state index is 0.0459. The van der Waals surface area contributed by atoms with E-state index in [1.807, 2.05) is 6.07 Å². The maximum atomic E-state index is 12.6. The highest BCUT2D eigenvalue weighted by atomic mass is 16.5. The van der Waals surface area contributed by atoms with Crippen molar-refractivity contribution in [2.24, 2.45) is 5.92 Å². The van der Waals surface area contributed by atoms with Crippen molar-refractivity contribution in [2.75, 3.05) is 13.1 Å². The van der Waals surface area contributed by atoms with Gasteiger partial charge < -0.3 is 15.0 Å². The standard InChI is InChI=1S/C19H21N5O2/c1-12-18(13-6-8-24(12)9-7-13)23-19(25)14-2-4-15(5-3-14)26-17-11-21-16(10-20)22-17/h2-5,11-13,18H,6-9H2,1H3,(H,21,22)(H,23,25)/t12-,18-/m0/s1. The number of ether oxygens (including phenoxy) is 1. The average Bonchev–Trinajstić information content (AvgIpc) is 3.13. The molecule has 2 aromatic rings. The van der Waals surface area contributed by atoms with Gasteiger partial charge in [-0.15, -0.1) is 0 Å². The summed E-state index contributed by atoms with van der Waals surface area (Å²) in [5.41, 5.74) is 0.614. The molecular formula is C19H21N5O2. The van der Waals surface area contributed by atoms with Crippen molar-refractivity contribution in [2.45, 2.75) is 31.8 Å². The smallest absolute Gasteiger partial charge is 0.251 e. The summed E-state index contributed by atoms with van der Waals surface area (Å²) >= 11 is 0. The lowest BCUT2D eigenvalue weighted by molar-refractivity contribution is 0.0217. The number of aromatic nitrogens is 2. The fraction of sp³-hybridized carbons (Fsp3) is 0.421. The summed E-state index contributed by atoms with van der Waals surface area (Å²) in [5.74, 6) is 1.69. The molecule has 26 heavy (non-hydrogen) atoms. The van der Waals surface area contributed by atoms with Gasteiger partial charge in [-0.1, -0.05) is 0 Å². The molecule has 1 amide bonds. The first-order valence-corrected chi connectivity index (χ1v) is 8.92. The van der Waals surface area contributed by atoms with Crippen LogP contribution < -0.4 is 10.1 Å². The normalized spacial score (nSPS) is 26.9. The summed E-state index contributed by atoms with van der Waals surface area (Å²) in [6.45, 7) is 4.49. The van der Waals surface area contributed by atoms with Crippen LogP contribution in [0.1, 0.15) is 35.9 Å². The second kappa shape index (κ2) is 6.81. The third kappa shape index (κ3) is 3.16. The summed E-state index contributed by atoms with van der Waals surface area (Å²) in [6, 6.07) is 9.49. The lowest BCUT2D eigenvalue weighted by atomic mass is 9.79. The van der Waals surface area contributed by atoms with E-state index in [1.54, 1.807) is 24.3 Å². The number of carbonyl (C=O) groups is 1. The highest BCUT2D eigenvalue weighted by Crippen LogP contribution is 2.32. The molecule has 3 aliphatic heterocycles. The van der Waals surface area contributed by atoms with E-state index in [0.29, 0.717) is 29.2 Å². The molecule has 3 saturated heterocycles. The SMILES string of the molecule is C[C@H]1[C@H](NC(=O)c2ccc(Oc3cnc(C#N)[nH]3)cc2)C2CCN1CC2. The zero-order valence-corrected chi connectivity index (χ0v) is 14.6. The average molecular weight is 351 g/mol. The molecule has 2 atom stereocenters. The fourth-order valence-corrected chi connectivity index (χ4v) is 3.99. The molecule has 0 aliphatic carbocycles. The monoisotopic (exact) mass is 351 g/mol. The van der Waals surface area contributed by atoms with Crippen LogP contribution in [0.4, 0.5) is 0 Å². The molecule has 4 heterocycles. The van der Waals surface area contributed by atoms with Gasteiger partial charge in [0.2, 0.25) is 11.7 Å².